The number of ether oxygens (including phenoxy) is 1. The van der Waals surface area contributed by atoms with Crippen LogP contribution >= 0.6 is 0 Å². The minimum atomic E-state index is -0.449. The van der Waals surface area contributed by atoms with Crippen LogP contribution in [0.4, 0.5) is 0 Å². The van der Waals surface area contributed by atoms with Crippen molar-refractivity contribution < 1.29 is 14.6 Å². The van der Waals surface area contributed by atoms with Crippen molar-refractivity contribution in [3.8, 4) is 0 Å². The van der Waals surface area contributed by atoms with Gasteiger partial charge in [0.25, 0.3) is 0 Å². The van der Waals surface area contributed by atoms with Gasteiger partial charge in [0.2, 0.25) is 0 Å². The van der Waals surface area contributed by atoms with Gasteiger partial charge in [-0.2, -0.15) is 0 Å². The molecular formula is C18H20O3Se. The molecule has 3 nitrogen and oxygen atoms in total. The Hall–Kier alpha value is -1.61. The molecule has 1 N–H and O–H groups in total. The molecule has 0 saturated heterocycles. The maximum atomic E-state index is 11.3. The van der Waals surface area contributed by atoms with E-state index < -0.39 is 6.10 Å². The molecule has 2 aromatic carbocycles. The van der Waals surface area contributed by atoms with Crippen LogP contribution in [0, 0.1) is 0 Å². The molecule has 0 unspecified atom stereocenters. The van der Waals surface area contributed by atoms with Crippen molar-refractivity contribution in [1.82, 2.24) is 0 Å². The number of esters is 1. The predicted molar refractivity (Wildman–Crippen MR) is 87.7 cm³/mol. The molecule has 0 aliphatic carbocycles. The standard InChI is InChI=1S/C18H20O3Se/c1-14(19)21-18(16-10-6-3-7-11-16)13-22-12-17(20)15-8-4-2-5-9-15/h2-11,17-18,20H,12-13H2,1H3/t17-,18+/m1/s1. The molecule has 0 saturated carbocycles. The summed E-state index contributed by atoms with van der Waals surface area (Å²) in [4.78, 5) is 11.3. The van der Waals surface area contributed by atoms with Crippen molar-refractivity contribution in [1.29, 1.82) is 0 Å². The van der Waals surface area contributed by atoms with E-state index >= 15 is 0 Å². The molecule has 0 bridgehead atoms. The minimum absolute atomic E-state index is 0.186. The third kappa shape index (κ3) is 5.30. The molecule has 2 rings (SSSR count). The molecule has 4 heteroatoms. The van der Waals surface area contributed by atoms with E-state index in [9.17, 15) is 9.90 Å². The van der Waals surface area contributed by atoms with Crippen LogP contribution in [0.1, 0.15) is 30.3 Å². The Kier molecular flexibility index (Phi) is 6.66. The first kappa shape index (κ1) is 16.8. The van der Waals surface area contributed by atoms with Gasteiger partial charge in [-0.25, -0.2) is 0 Å². The van der Waals surface area contributed by atoms with Crippen LogP contribution in [0.15, 0.2) is 60.7 Å². The number of aliphatic hydroxyl groups excluding tert-OH is 1. The van der Waals surface area contributed by atoms with E-state index in [1.807, 2.05) is 60.7 Å². The van der Waals surface area contributed by atoms with Crippen molar-refractivity contribution in [2.24, 2.45) is 0 Å². The SMILES string of the molecule is CC(=O)O[C@@H](C[Se]C[C@@H](O)c1ccccc1)c1ccccc1. The number of hydrogen-bond acceptors (Lipinski definition) is 3. The van der Waals surface area contributed by atoms with Crippen LogP contribution in [0.3, 0.4) is 0 Å². The van der Waals surface area contributed by atoms with Gasteiger partial charge in [-0.15, -0.1) is 0 Å². The van der Waals surface area contributed by atoms with Crippen molar-refractivity contribution in [2.45, 2.75) is 29.8 Å². The second-order valence-corrected chi connectivity index (χ2v) is 7.23. The van der Waals surface area contributed by atoms with E-state index in [2.05, 4.69) is 0 Å². The average molecular weight is 363 g/mol. The third-order valence-electron chi connectivity index (χ3n) is 3.21. The summed E-state index contributed by atoms with van der Waals surface area (Å²) in [6, 6.07) is 19.4. The zero-order valence-corrected chi connectivity index (χ0v) is 14.2. The molecule has 0 aliphatic heterocycles. The van der Waals surface area contributed by atoms with E-state index in [1.165, 1.54) is 6.92 Å². The number of carbonyl (C=O) groups excluding carboxylic acids is 1. The van der Waals surface area contributed by atoms with Gasteiger partial charge < -0.3 is 0 Å². The molecule has 116 valence electrons. The molecule has 0 amide bonds. The Balaban J connectivity index is 1.90. The fourth-order valence-electron chi connectivity index (χ4n) is 2.12. The molecule has 22 heavy (non-hydrogen) atoms. The predicted octanol–water partition coefficient (Wildman–Crippen LogP) is 3.57. The summed E-state index contributed by atoms with van der Waals surface area (Å²) in [5, 5.41) is 11.7. The van der Waals surface area contributed by atoms with Crippen LogP contribution in [0.5, 0.6) is 0 Å². The van der Waals surface area contributed by atoms with E-state index in [1.54, 1.807) is 0 Å². The van der Waals surface area contributed by atoms with E-state index in [-0.39, 0.29) is 27.0 Å². The molecule has 0 spiro atoms. The quantitative estimate of drug-likeness (QED) is 0.604. The summed E-state index contributed by atoms with van der Waals surface area (Å²) in [5.74, 6) is -0.270. The first-order valence-corrected chi connectivity index (χ1v) is 9.62. The first-order chi connectivity index (χ1) is 10.7. The van der Waals surface area contributed by atoms with Gasteiger partial charge in [0.15, 0.2) is 0 Å². The Morgan fingerprint density at radius 2 is 1.55 bits per heavy atom. The monoisotopic (exact) mass is 364 g/mol. The van der Waals surface area contributed by atoms with Crippen LogP contribution in [0.25, 0.3) is 0 Å². The van der Waals surface area contributed by atoms with Crippen molar-refractivity contribution in [3.05, 3.63) is 71.8 Å². The van der Waals surface area contributed by atoms with Gasteiger partial charge in [0, 0.05) is 0 Å². The fraction of sp³-hybridized carbons (Fsp3) is 0.278. The molecular weight excluding hydrogens is 343 g/mol. The van der Waals surface area contributed by atoms with E-state index in [0.29, 0.717) is 5.32 Å². The second kappa shape index (κ2) is 8.74. The summed E-state index contributed by atoms with van der Waals surface area (Å²) in [7, 11) is 0. The van der Waals surface area contributed by atoms with Gasteiger partial charge in [-0.1, -0.05) is 0 Å². The molecule has 0 heterocycles. The Morgan fingerprint density at radius 1 is 1.00 bits per heavy atom. The average Bonchev–Trinajstić information content (AvgIpc) is 2.55. The number of carbonyl (C=O) groups is 1. The Labute approximate surface area is 137 Å². The molecule has 2 aromatic rings. The zero-order chi connectivity index (χ0) is 15.8. The van der Waals surface area contributed by atoms with Gasteiger partial charge in [0.1, 0.15) is 0 Å². The second-order valence-electron chi connectivity index (χ2n) is 4.97. The van der Waals surface area contributed by atoms with Crippen molar-refractivity contribution in [3.63, 3.8) is 0 Å². The molecule has 0 aromatic heterocycles. The summed E-state index contributed by atoms with van der Waals surface area (Å²) in [6.45, 7) is 1.43. The van der Waals surface area contributed by atoms with Gasteiger partial charge >= 0.3 is 137 Å². The summed E-state index contributed by atoms with van der Waals surface area (Å²) in [5.41, 5.74) is 1.95. The van der Waals surface area contributed by atoms with E-state index in [4.69, 9.17) is 4.74 Å². The van der Waals surface area contributed by atoms with Crippen LogP contribution in [-0.2, 0) is 9.53 Å². The number of benzene rings is 2. The normalized spacial score (nSPS) is 13.4. The van der Waals surface area contributed by atoms with Crippen molar-refractivity contribution in [2.75, 3.05) is 0 Å². The number of aliphatic hydroxyl groups is 1. The van der Waals surface area contributed by atoms with Crippen LogP contribution in [0.2, 0.25) is 10.6 Å². The third-order valence-corrected chi connectivity index (χ3v) is 5.50. The summed E-state index contributed by atoms with van der Waals surface area (Å²) < 4.78 is 5.42. The Bertz CT molecular complexity index is 571. The van der Waals surface area contributed by atoms with Gasteiger partial charge in [-0.3, -0.25) is 0 Å². The fourth-order valence-corrected chi connectivity index (χ4v) is 4.28. The maximum absolute atomic E-state index is 11.3. The zero-order valence-electron chi connectivity index (χ0n) is 12.5. The topological polar surface area (TPSA) is 46.5 Å². The van der Waals surface area contributed by atoms with Crippen LogP contribution < -0.4 is 0 Å². The van der Waals surface area contributed by atoms with Gasteiger partial charge in [0.05, 0.1) is 0 Å². The summed E-state index contributed by atoms with van der Waals surface area (Å²) >= 11 is 0.186. The van der Waals surface area contributed by atoms with Crippen molar-refractivity contribution >= 4 is 20.9 Å². The molecule has 2 atom stereocenters. The number of rotatable bonds is 7. The Morgan fingerprint density at radius 3 is 2.09 bits per heavy atom. The summed E-state index contributed by atoms with van der Waals surface area (Å²) in [6.07, 6.45) is -0.670. The molecule has 0 aliphatic rings. The van der Waals surface area contributed by atoms with E-state index in [0.717, 1.165) is 16.4 Å². The molecule has 0 fully saturated rings. The number of hydrogen-bond donors (Lipinski definition) is 1. The van der Waals surface area contributed by atoms with Crippen LogP contribution in [-0.4, -0.2) is 26.0 Å². The molecule has 0 radical (unpaired) electrons. The van der Waals surface area contributed by atoms with Gasteiger partial charge in [-0.05, 0) is 0 Å². The first-order valence-electron chi connectivity index (χ1n) is 7.19.